The van der Waals surface area contributed by atoms with Crippen LogP contribution in [0.2, 0.25) is 0 Å². The van der Waals surface area contributed by atoms with Crippen LogP contribution in [0.15, 0.2) is 72.8 Å². The average molecular weight is 400 g/mol. The highest BCUT2D eigenvalue weighted by atomic mass is 16.3. The minimum absolute atomic E-state index is 0.158. The van der Waals surface area contributed by atoms with E-state index in [4.69, 9.17) is 0 Å². The minimum Gasteiger partial charge on any atom is -0.372 e. The molecule has 0 saturated heterocycles. The summed E-state index contributed by atoms with van der Waals surface area (Å²) in [5.74, 6) is -0.752. The summed E-state index contributed by atoms with van der Waals surface area (Å²) in [6, 6.07) is 22.0. The van der Waals surface area contributed by atoms with Crippen molar-refractivity contribution in [3.8, 4) is 0 Å². The molecule has 5 nitrogen and oxygen atoms in total. The van der Waals surface area contributed by atoms with Gasteiger partial charge in [0.1, 0.15) is 6.54 Å². The van der Waals surface area contributed by atoms with Crippen molar-refractivity contribution in [2.45, 2.75) is 19.4 Å². The van der Waals surface area contributed by atoms with Crippen molar-refractivity contribution in [2.75, 3.05) is 23.4 Å². The highest BCUT2D eigenvalue weighted by Crippen LogP contribution is 2.44. The first-order valence-corrected chi connectivity index (χ1v) is 9.86. The fourth-order valence-corrected chi connectivity index (χ4v) is 3.96. The molecule has 2 amide bonds. The van der Waals surface area contributed by atoms with Crippen LogP contribution in [0.25, 0.3) is 0 Å². The van der Waals surface area contributed by atoms with Gasteiger partial charge >= 0.3 is 0 Å². The van der Waals surface area contributed by atoms with E-state index in [9.17, 15) is 14.7 Å². The van der Waals surface area contributed by atoms with E-state index in [1.165, 1.54) is 9.80 Å². The molecule has 0 spiro atoms. The number of carbonyl (C=O) groups is 2. The van der Waals surface area contributed by atoms with Crippen molar-refractivity contribution in [1.29, 1.82) is 0 Å². The molecule has 1 aliphatic heterocycles. The van der Waals surface area contributed by atoms with E-state index >= 15 is 0 Å². The van der Waals surface area contributed by atoms with E-state index in [0.29, 0.717) is 16.8 Å². The van der Waals surface area contributed by atoms with Crippen LogP contribution in [0.1, 0.15) is 22.3 Å². The van der Waals surface area contributed by atoms with Gasteiger partial charge in [-0.2, -0.15) is 0 Å². The van der Waals surface area contributed by atoms with Gasteiger partial charge in [-0.1, -0.05) is 60.2 Å². The van der Waals surface area contributed by atoms with E-state index in [0.717, 1.165) is 16.8 Å². The molecule has 0 fully saturated rings. The van der Waals surface area contributed by atoms with Gasteiger partial charge in [-0.05, 0) is 43.2 Å². The van der Waals surface area contributed by atoms with E-state index in [2.05, 4.69) is 0 Å². The van der Waals surface area contributed by atoms with E-state index in [1.54, 1.807) is 43.4 Å². The minimum atomic E-state index is -1.81. The first-order valence-electron chi connectivity index (χ1n) is 9.86. The monoisotopic (exact) mass is 400 g/mol. The molecule has 1 atom stereocenters. The van der Waals surface area contributed by atoms with Crippen LogP contribution < -0.4 is 9.80 Å². The molecular formula is C25H24N2O3. The average Bonchev–Trinajstić information content (AvgIpc) is 2.96. The van der Waals surface area contributed by atoms with Gasteiger partial charge in [-0.3, -0.25) is 14.5 Å². The summed E-state index contributed by atoms with van der Waals surface area (Å²) < 4.78 is 0. The Balaban J connectivity index is 1.70. The molecule has 30 heavy (non-hydrogen) atoms. The van der Waals surface area contributed by atoms with E-state index in [1.807, 2.05) is 50.2 Å². The topological polar surface area (TPSA) is 60.9 Å². The van der Waals surface area contributed by atoms with Gasteiger partial charge in [0, 0.05) is 18.3 Å². The van der Waals surface area contributed by atoms with Crippen molar-refractivity contribution < 1.29 is 14.7 Å². The van der Waals surface area contributed by atoms with Crippen molar-refractivity contribution in [1.82, 2.24) is 0 Å². The molecule has 0 saturated carbocycles. The van der Waals surface area contributed by atoms with E-state index < -0.39 is 11.5 Å². The normalized spacial score (nSPS) is 17.7. The highest BCUT2D eigenvalue weighted by molar-refractivity contribution is 6.12. The lowest BCUT2D eigenvalue weighted by atomic mass is 9.87. The van der Waals surface area contributed by atoms with Crippen LogP contribution in [0.4, 0.5) is 11.4 Å². The zero-order chi connectivity index (χ0) is 21.5. The number of aryl methyl sites for hydroxylation is 2. The van der Waals surface area contributed by atoms with Crippen LogP contribution >= 0.6 is 0 Å². The highest BCUT2D eigenvalue weighted by Gasteiger charge is 2.51. The lowest BCUT2D eigenvalue weighted by molar-refractivity contribution is -0.133. The van der Waals surface area contributed by atoms with Crippen LogP contribution in [-0.4, -0.2) is 30.5 Å². The molecular weight excluding hydrogens is 376 g/mol. The summed E-state index contributed by atoms with van der Waals surface area (Å²) in [6.45, 7) is 3.72. The molecule has 4 rings (SSSR count). The number of likely N-dealkylation sites (N-methyl/N-ethyl adjacent to an activating group) is 1. The Morgan fingerprint density at radius 3 is 2.33 bits per heavy atom. The van der Waals surface area contributed by atoms with Gasteiger partial charge in [-0.15, -0.1) is 0 Å². The SMILES string of the molecule is Cc1cccc(N(C)C(=O)CN2C(=O)[C@@](O)(c3cccc(C)c3)c3ccccc32)c1. The summed E-state index contributed by atoms with van der Waals surface area (Å²) in [5, 5.41) is 11.6. The zero-order valence-electron chi connectivity index (χ0n) is 17.3. The molecule has 1 heterocycles. The van der Waals surface area contributed by atoms with Crippen molar-refractivity contribution in [3.63, 3.8) is 0 Å². The molecule has 3 aromatic carbocycles. The van der Waals surface area contributed by atoms with Crippen LogP contribution in [0.5, 0.6) is 0 Å². The molecule has 0 bridgehead atoms. The third-order valence-corrected chi connectivity index (χ3v) is 5.63. The largest absolute Gasteiger partial charge is 0.372 e. The van der Waals surface area contributed by atoms with Gasteiger partial charge in [0.2, 0.25) is 5.91 Å². The summed E-state index contributed by atoms with van der Waals surface area (Å²) in [5.41, 5.74) is 2.48. The molecule has 0 aliphatic carbocycles. The lowest BCUT2D eigenvalue weighted by Crippen LogP contribution is -2.45. The number of hydrogen-bond acceptors (Lipinski definition) is 3. The maximum atomic E-state index is 13.4. The molecule has 1 N–H and O–H groups in total. The first-order chi connectivity index (χ1) is 14.3. The molecule has 0 aromatic heterocycles. The van der Waals surface area contributed by atoms with Gasteiger partial charge in [0.25, 0.3) is 5.91 Å². The summed E-state index contributed by atoms with van der Waals surface area (Å²) in [6.07, 6.45) is 0. The number of para-hydroxylation sites is 1. The quantitative estimate of drug-likeness (QED) is 0.729. The maximum Gasteiger partial charge on any atom is 0.268 e. The maximum absolute atomic E-state index is 13.4. The Bertz CT molecular complexity index is 1140. The Morgan fingerprint density at radius 2 is 1.63 bits per heavy atom. The molecule has 152 valence electrons. The van der Waals surface area contributed by atoms with Gasteiger partial charge < -0.3 is 10.0 Å². The second-order valence-corrected chi connectivity index (χ2v) is 7.78. The lowest BCUT2D eigenvalue weighted by Gasteiger charge is -2.25. The number of rotatable bonds is 4. The second kappa shape index (κ2) is 7.43. The fraction of sp³-hybridized carbons (Fsp3) is 0.200. The van der Waals surface area contributed by atoms with Gasteiger partial charge in [-0.25, -0.2) is 0 Å². The zero-order valence-corrected chi connectivity index (χ0v) is 17.3. The van der Waals surface area contributed by atoms with Crippen LogP contribution in [-0.2, 0) is 15.2 Å². The van der Waals surface area contributed by atoms with Crippen molar-refractivity contribution in [3.05, 3.63) is 95.1 Å². The van der Waals surface area contributed by atoms with Crippen LogP contribution in [0, 0.1) is 13.8 Å². The molecule has 0 radical (unpaired) electrons. The third kappa shape index (κ3) is 3.17. The first kappa shape index (κ1) is 19.9. The smallest absolute Gasteiger partial charge is 0.268 e. The van der Waals surface area contributed by atoms with Crippen molar-refractivity contribution in [2.24, 2.45) is 0 Å². The number of benzene rings is 3. The van der Waals surface area contributed by atoms with Gasteiger partial charge in [0.05, 0.1) is 5.69 Å². The number of fused-ring (bicyclic) bond motifs is 1. The van der Waals surface area contributed by atoms with Crippen LogP contribution in [0.3, 0.4) is 0 Å². The summed E-state index contributed by atoms with van der Waals surface area (Å²) >= 11 is 0. The predicted octanol–water partition coefficient (Wildman–Crippen LogP) is 3.55. The number of amides is 2. The predicted molar refractivity (Wildman–Crippen MR) is 118 cm³/mol. The Morgan fingerprint density at radius 1 is 0.967 bits per heavy atom. The second-order valence-electron chi connectivity index (χ2n) is 7.78. The summed E-state index contributed by atoms with van der Waals surface area (Å²) in [4.78, 5) is 29.4. The fourth-order valence-electron chi connectivity index (χ4n) is 3.96. The van der Waals surface area contributed by atoms with Crippen molar-refractivity contribution >= 4 is 23.2 Å². The number of carbonyl (C=O) groups excluding carboxylic acids is 2. The number of anilines is 2. The number of aliphatic hydroxyl groups is 1. The Hall–Kier alpha value is -3.44. The molecule has 5 heteroatoms. The van der Waals surface area contributed by atoms with E-state index in [-0.39, 0.29) is 12.5 Å². The number of hydrogen-bond donors (Lipinski definition) is 1. The molecule has 3 aromatic rings. The Kier molecular flexibility index (Phi) is 4.92. The summed E-state index contributed by atoms with van der Waals surface area (Å²) in [7, 11) is 1.69. The third-order valence-electron chi connectivity index (χ3n) is 5.63. The standard InChI is InChI=1S/C25H24N2O3/c1-17-8-6-10-19(14-17)25(30)21-12-4-5-13-22(21)27(24(25)29)16-23(28)26(3)20-11-7-9-18(2)15-20/h4-15,30H,16H2,1-3H3/t25-/m1/s1. The molecule has 0 unspecified atom stereocenters. The molecule has 1 aliphatic rings. The van der Waals surface area contributed by atoms with Gasteiger partial charge in [0.15, 0.2) is 5.60 Å². The Labute approximate surface area is 176 Å². The number of nitrogens with zero attached hydrogens (tertiary/aromatic N) is 2.